The average molecular weight is 271 g/mol. The van der Waals surface area contributed by atoms with Crippen LogP contribution in [-0.4, -0.2) is 59.9 Å². The summed E-state index contributed by atoms with van der Waals surface area (Å²) in [6, 6.07) is 0.460. The first kappa shape index (κ1) is 15.4. The molecule has 7 heteroatoms. The Morgan fingerprint density at radius 3 is 2.84 bits per heavy atom. The van der Waals surface area contributed by atoms with Crippen LogP contribution in [0.15, 0.2) is 5.16 Å². The molecule has 0 aromatic heterocycles. The van der Waals surface area contributed by atoms with E-state index in [4.69, 9.17) is 9.94 Å². The minimum atomic E-state index is -1.15. The predicted molar refractivity (Wildman–Crippen MR) is 70.0 cm³/mol. The highest BCUT2D eigenvalue weighted by Crippen LogP contribution is 2.10. The van der Waals surface area contributed by atoms with Gasteiger partial charge in [0.05, 0.1) is 0 Å². The first-order chi connectivity index (χ1) is 8.95. The van der Waals surface area contributed by atoms with Crippen molar-refractivity contribution in [2.24, 2.45) is 5.16 Å². The normalized spacial score (nSPS) is 19.8. The largest absolute Gasteiger partial charge is 0.477 e. The van der Waals surface area contributed by atoms with Crippen molar-refractivity contribution in [2.45, 2.75) is 38.8 Å². The molecule has 2 unspecified atom stereocenters. The Morgan fingerprint density at radius 2 is 2.32 bits per heavy atom. The smallest absolute Gasteiger partial charge is 0.353 e. The molecule has 1 aliphatic heterocycles. The number of oxime groups is 1. The van der Waals surface area contributed by atoms with Crippen molar-refractivity contribution in [3.63, 3.8) is 0 Å². The first-order valence-corrected chi connectivity index (χ1v) is 6.39. The number of rotatable bonds is 7. The van der Waals surface area contributed by atoms with Gasteiger partial charge in [-0.1, -0.05) is 12.1 Å². The molecule has 0 radical (unpaired) electrons. The van der Waals surface area contributed by atoms with Gasteiger partial charge in [-0.2, -0.15) is 0 Å². The SMILES string of the molecule is CCC(C)N(C)CCNC(=O)C1CC(C(=O)O)=NO1. The molecule has 0 aromatic rings. The van der Waals surface area contributed by atoms with Gasteiger partial charge in [0.2, 0.25) is 6.10 Å². The number of hydrogen-bond donors (Lipinski definition) is 2. The van der Waals surface area contributed by atoms with Crippen LogP contribution in [0.4, 0.5) is 0 Å². The van der Waals surface area contributed by atoms with Crippen LogP contribution in [0.25, 0.3) is 0 Å². The third-order valence-electron chi connectivity index (χ3n) is 3.32. The van der Waals surface area contributed by atoms with E-state index in [1.54, 1.807) is 0 Å². The summed E-state index contributed by atoms with van der Waals surface area (Å²) in [6.45, 7) is 5.47. The maximum atomic E-state index is 11.7. The van der Waals surface area contributed by atoms with Gasteiger partial charge < -0.3 is 20.2 Å². The lowest BCUT2D eigenvalue weighted by Crippen LogP contribution is -2.41. The van der Waals surface area contributed by atoms with Crippen molar-refractivity contribution >= 4 is 17.6 Å². The predicted octanol–water partition coefficient (Wildman–Crippen LogP) is 0.0624. The summed E-state index contributed by atoms with van der Waals surface area (Å²) in [6.07, 6.45) is 0.244. The molecular weight excluding hydrogens is 250 g/mol. The van der Waals surface area contributed by atoms with Crippen molar-refractivity contribution in [2.75, 3.05) is 20.1 Å². The van der Waals surface area contributed by atoms with Crippen LogP contribution in [0, 0.1) is 0 Å². The minimum absolute atomic E-state index is 0.0162. The molecule has 0 spiro atoms. The van der Waals surface area contributed by atoms with E-state index >= 15 is 0 Å². The molecule has 2 N–H and O–H groups in total. The van der Waals surface area contributed by atoms with Gasteiger partial charge in [0.15, 0.2) is 5.71 Å². The molecule has 0 bridgehead atoms. The van der Waals surface area contributed by atoms with Crippen molar-refractivity contribution in [3.05, 3.63) is 0 Å². The summed E-state index contributed by atoms with van der Waals surface area (Å²) in [5, 5.41) is 14.8. The molecular formula is C12H21N3O4. The maximum Gasteiger partial charge on any atom is 0.353 e. The fraction of sp³-hybridized carbons (Fsp3) is 0.750. The number of nitrogens with one attached hydrogen (secondary N) is 1. The van der Waals surface area contributed by atoms with E-state index < -0.39 is 12.1 Å². The van der Waals surface area contributed by atoms with Crippen LogP contribution in [0.1, 0.15) is 26.7 Å². The molecule has 0 aromatic carbocycles. The van der Waals surface area contributed by atoms with Crippen molar-refractivity contribution in [1.29, 1.82) is 0 Å². The number of aliphatic carboxylic acids is 1. The van der Waals surface area contributed by atoms with Gasteiger partial charge >= 0.3 is 5.97 Å². The summed E-state index contributed by atoms with van der Waals surface area (Å²) >= 11 is 0. The van der Waals surface area contributed by atoms with E-state index in [2.05, 4.69) is 29.2 Å². The van der Waals surface area contributed by atoms with Crippen LogP contribution in [0.3, 0.4) is 0 Å². The van der Waals surface area contributed by atoms with Crippen LogP contribution in [0.2, 0.25) is 0 Å². The molecule has 1 rings (SSSR count). The van der Waals surface area contributed by atoms with Crippen LogP contribution in [0.5, 0.6) is 0 Å². The number of amides is 1. The molecule has 0 saturated heterocycles. The number of hydrogen-bond acceptors (Lipinski definition) is 5. The summed E-state index contributed by atoms with van der Waals surface area (Å²) in [4.78, 5) is 29.3. The molecule has 19 heavy (non-hydrogen) atoms. The van der Waals surface area contributed by atoms with Gasteiger partial charge in [-0.3, -0.25) is 4.79 Å². The number of likely N-dealkylation sites (N-methyl/N-ethyl adjacent to an activating group) is 1. The Kier molecular flexibility index (Phi) is 5.75. The van der Waals surface area contributed by atoms with E-state index in [0.717, 1.165) is 13.0 Å². The van der Waals surface area contributed by atoms with Gasteiger partial charge in [-0.25, -0.2) is 4.79 Å². The van der Waals surface area contributed by atoms with E-state index in [0.29, 0.717) is 12.6 Å². The number of nitrogens with zero attached hydrogens (tertiary/aromatic N) is 2. The second-order valence-electron chi connectivity index (χ2n) is 4.67. The van der Waals surface area contributed by atoms with Crippen LogP contribution >= 0.6 is 0 Å². The zero-order valence-corrected chi connectivity index (χ0v) is 11.5. The zero-order chi connectivity index (χ0) is 14.4. The Morgan fingerprint density at radius 1 is 1.63 bits per heavy atom. The van der Waals surface area contributed by atoms with Crippen molar-refractivity contribution in [3.8, 4) is 0 Å². The zero-order valence-electron chi connectivity index (χ0n) is 11.5. The quantitative estimate of drug-likeness (QED) is 0.683. The fourth-order valence-corrected chi connectivity index (χ4v) is 1.65. The highest BCUT2D eigenvalue weighted by molar-refractivity contribution is 6.36. The topological polar surface area (TPSA) is 91.2 Å². The lowest BCUT2D eigenvalue weighted by atomic mass is 10.1. The summed E-state index contributed by atoms with van der Waals surface area (Å²) in [5.74, 6) is -1.47. The van der Waals surface area contributed by atoms with E-state index in [1.807, 2.05) is 7.05 Å². The van der Waals surface area contributed by atoms with Crippen LogP contribution < -0.4 is 5.32 Å². The molecule has 1 amide bonds. The summed E-state index contributed by atoms with van der Waals surface area (Å²) in [5.41, 5.74) is -0.114. The van der Waals surface area contributed by atoms with Crippen molar-refractivity contribution in [1.82, 2.24) is 10.2 Å². The van der Waals surface area contributed by atoms with E-state index in [9.17, 15) is 9.59 Å². The Balaban J connectivity index is 2.25. The fourth-order valence-electron chi connectivity index (χ4n) is 1.65. The third kappa shape index (κ3) is 4.51. The number of carboxylic acid groups (broad SMARTS) is 1. The summed E-state index contributed by atoms with van der Waals surface area (Å²) in [7, 11) is 2.00. The standard InChI is InChI=1S/C12H21N3O4/c1-4-8(2)15(3)6-5-13-11(16)10-7-9(12(17)18)14-19-10/h8,10H,4-7H2,1-3H3,(H,13,16)(H,17,18). The van der Waals surface area contributed by atoms with Crippen molar-refractivity contribution < 1.29 is 19.5 Å². The van der Waals surface area contributed by atoms with E-state index in [-0.39, 0.29) is 18.0 Å². The number of carbonyl (C=O) groups is 2. The molecule has 7 nitrogen and oxygen atoms in total. The second-order valence-corrected chi connectivity index (χ2v) is 4.67. The number of carboxylic acids is 1. The van der Waals surface area contributed by atoms with Crippen LogP contribution in [-0.2, 0) is 14.4 Å². The highest BCUT2D eigenvalue weighted by Gasteiger charge is 2.31. The first-order valence-electron chi connectivity index (χ1n) is 6.39. The van der Waals surface area contributed by atoms with Gasteiger partial charge in [0, 0.05) is 25.6 Å². The maximum absolute atomic E-state index is 11.7. The molecule has 0 saturated carbocycles. The average Bonchev–Trinajstić information content (AvgIpc) is 2.87. The van der Waals surface area contributed by atoms with Gasteiger partial charge in [0.25, 0.3) is 5.91 Å². The Bertz CT molecular complexity index is 370. The van der Waals surface area contributed by atoms with Gasteiger partial charge in [-0.05, 0) is 20.4 Å². The van der Waals surface area contributed by atoms with Gasteiger partial charge in [-0.15, -0.1) is 0 Å². The lowest BCUT2D eigenvalue weighted by molar-refractivity contribution is -0.131. The number of carbonyl (C=O) groups excluding carboxylic acids is 1. The second kappa shape index (κ2) is 7.08. The minimum Gasteiger partial charge on any atom is -0.477 e. The summed E-state index contributed by atoms with van der Waals surface area (Å²) < 4.78 is 0. The molecule has 1 heterocycles. The molecule has 0 aliphatic carbocycles. The lowest BCUT2D eigenvalue weighted by Gasteiger charge is -2.23. The monoisotopic (exact) mass is 271 g/mol. The van der Waals surface area contributed by atoms with E-state index in [1.165, 1.54) is 0 Å². The molecule has 2 atom stereocenters. The van der Waals surface area contributed by atoms with Gasteiger partial charge in [0.1, 0.15) is 0 Å². The molecule has 0 fully saturated rings. The molecule has 1 aliphatic rings. The molecule has 108 valence electrons. The Hall–Kier alpha value is -1.63. The Labute approximate surface area is 112 Å². The highest BCUT2D eigenvalue weighted by atomic mass is 16.6. The third-order valence-corrected chi connectivity index (χ3v) is 3.32.